The molecule has 0 aliphatic heterocycles. The summed E-state index contributed by atoms with van der Waals surface area (Å²) in [7, 11) is -4.53. The first-order chi connectivity index (χ1) is 16.6. The molecule has 0 radical (unpaired) electrons. The number of unbranched alkanes of at least 4 members (excludes halogenated alkanes) is 4. The van der Waals surface area contributed by atoms with Gasteiger partial charge in [0.1, 0.15) is 0 Å². The van der Waals surface area contributed by atoms with E-state index in [1.165, 1.54) is 50.7 Å². The van der Waals surface area contributed by atoms with Crippen molar-refractivity contribution in [3.05, 3.63) is 30.3 Å². The van der Waals surface area contributed by atoms with E-state index < -0.39 is 22.5 Å². The average Bonchev–Trinajstić information content (AvgIpc) is 2.73. The van der Waals surface area contributed by atoms with Crippen LogP contribution in [0, 0.1) is 22.7 Å². The highest BCUT2D eigenvalue weighted by Gasteiger charge is 2.37. The lowest BCUT2D eigenvalue weighted by atomic mass is 9.72. The third-order valence-electron chi connectivity index (χ3n) is 7.29. The van der Waals surface area contributed by atoms with Gasteiger partial charge in [-0.15, -0.1) is 4.31 Å². The smallest absolute Gasteiger partial charge is 0.427 e. The number of rotatable bonds is 15. The van der Waals surface area contributed by atoms with Crippen LogP contribution in [-0.4, -0.2) is 25.7 Å². The van der Waals surface area contributed by atoms with E-state index in [-0.39, 0.29) is 22.4 Å². The first-order valence-electron chi connectivity index (χ1n) is 13.6. The monoisotopic (exact) mass is 525 g/mol. The normalized spacial score (nSPS) is 15.3. The molecular weight excluding hydrogens is 474 g/mol. The number of para-hydroxylation sites is 1. The molecule has 0 fully saturated rings. The summed E-state index contributed by atoms with van der Waals surface area (Å²) < 4.78 is 32.0. The summed E-state index contributed by atoms with van der Waals surface area (Å²) in [5, 5.41) is 9.64. The van der Waals surface area contributed by atoms with Gasteiger partial charge in [0.25, 0.3) is 0 Å². The van der Waals surface area contributed by atoms with E-state index >= 15 is 0 Å². The molecule has 0 aromatic heterocycles. The second kappa shape index (κ2) is 14.4. The van der Waals surface area contributed by atoms with Crippen LogP contribution >= 0.6 is 0 Å². The molecule has 3 unspecified atom stereocenters. The van der Waals surface area contributed by atoms with E-state index in [2.05, 4.69) is 48.5 Å². The van der Waals surface area contributed by atoms with Crippen molar-refractivity contribution in [2.24, 2.45) is 22.7 Å². The van der Waals surface area contributed by atoms with Crippen molar-refractivity contribution < 1.29 is 22.5 Å². The highest BCUT2D eigenvalue weighted by Crippen LogP contribution is 2.39. The van der Waals surface area contributed by atoms with Crippen LogP contribution in [0.25, 0.3) is 0 Å². The maximum absolute atomic E-state index is 13.0. The van der Waals surface area contributed by atoms with Gasteiger partial charge in [-0.3, -0.25) is 0 Å². The van der Waals surface area contributed by atoms with Gasteiger partial charge in [0.15, 0.2) is 0 Å². The van der Waals surface area contributed by atoms with Gasteiger partial charge in [0.05, 0.1) is 11.8 Å². The highest BCUT2D eigenvalue weighted by atomic mass is 32.2. The summed E-state index contributed by atoms with van der Waals surface area (Å²) in [4.78, 5) is 11.8. The number of nitrogens with zero attached hydrogens (tertiary/aromatic N) is 1. The third-order valence-corrected chi connectivity index (χ3v) is 8.65. The molecule has 1 aromatic carbocycles. The lowest BCUT2D eigenvalue weighted by Crippen LogP contribution is -2.42. The van der Waals surface area contributed by atoms with Gasteiger partial charge >= 0.3 is 16.4 Å². The number of hydrogen-bond donors (Lipinski definition) is 1. The quantitative estimate of drug-likeness (QED) is 0.232. The molecule has 1 amide bonds. The Labute approximate surface area is 221 Å². The van der Waals surface area contributed by atoms with E-state index in [0.29, 0.717) is 10.2 Å². The number of amides is 1. The molecular formula is C29H51NO5S. The van der Waals surface area contributed by atoms with E-state index in [1.807, 2.05) is 0 Å². The topological polar surface area (TPSA) is 83.9 Å². The summed E-state index contributed by atoms with van der Waals surface area (Å²) in [6.07, 6.45) is 8.26. The van der Waals surface area contributed by atoms with Crippen molar-refractivity contribution in [2.75, 3.05) is 4.31 Å². The van der Waals surface area contributed by atoms with Gasteiger partial charge in [-0.05, 0) is 61.0 Å². The Kier molecular flexibility index (Phi) is 12.9. The molecule has 1 N–H and O–H groups in total. The van der Waals surface area contributed by atoms with Crippen LogP contribution in [0.2, 0.25) is 0 Å². The van der Waals surface area contributed by atoms with Crippen molar-refractivity contribution in [1.82, 2.24) is 0 Å². The first kappa shape index (κ1) is 32.4. The molecule has 0 saturated carbocycles. The fourth-order valence-corrected chi connectivity index (χ4v) is 6.34. The number of benzene rings is 1. The average molecular weight is 526 g/mol. The zero-order valence-electron chi connectivity index (χ0n) is 23.9. The van der Waals surface area contributed by atoms with Crippen LogP contribution in [0.4, 0.5) is 10.5 Å². The van der Waals surface area contributed by atoms with E-state index in [4.69, 9.17) is 4.18 Å². The lowest BCUT2D eigenvalue weighted by molar-refractivity contribution is 0.0679. The predicted octanol–water partition coefficient (Wildman–Crippen LogP) is 8.68. The van der Waals surface area contributed by atoms with Gasteiger partial charge < -0.3 is 5.11 Å². The zero-order chi connectivity index (χ0) is 27.6. The minimum atomic E-state index is -4.53. The Morgan fingerprint density at radius 3 is 1.94 bits per heavy atom. The van der Waals surface area contributed by atoms with Crippen molar-refractivity contribution in [3.8, 4) is 0 Å². The van der Waals surface area contributed by atoms with Crippen LogP contribution in [0.15, 0.2) is 30.3 Å². The molecule has 6 nitrogen and oxygen atoms in total. The summed E-state index contributed by atoms with van der Waals surface area (Å²) in [6.45, 7) is 17.2. The maximum Gasteiger partial charge on any atom is 0.427 e. The predicted molar refractivity (Wildman–Crippen MR) is 150 cm³/mol. The number of hydrogen-bond acceptors (Lipinski definition) is 4. The molecule has 3 atom stereocenters. The summed E-state index contributed by atoms with van der Waals surface area (Å²) >= 11 is 0. The molecule has 0 aliphatic carbocycles. The molecule has 36 heavy (non-hydrogen) atoms. The molecule has 1 aromatic rings. The molecule has 7 heteroatoms. The SMILES string of the molecule is CCCCCCCC(CCCC(C(C)OS(=O)(=O)N(C(=O)O)c1ccccc1)C(C)(C)C)C(C)(C)C. The van der Waals surface area contributed by atoms with E-state index in [0.717, 1.165) is 19.3 Å². The van der Waals surface area contributed by atoms with Gasteiger partial charge in [-0.2, -0.15) is 8.42 Å². The van der Waals surface area contributed by atoms with Crippen LogP contribution in [0.3, 0.4) is 0 Å². The minimum Gasteiger partial charge on any atom is -0.464 e. The molecule has 1 rings (SSSR count). The number of carboxylic acid groups (broad SMARTS) is 1. The Balaban J connectivity index is 2.90. The lowest BCUT2D eigenvalue weighted by Gasteiger charge is -2.37. The third kappa shape index (κ3) is 10.8. The second-order valence-corrected chi connectivity index (χ2v) is 13.7. The Morgan fingerprint density at radius 2 is 1.44 bits per heavy atom. The summed E-state index contributed by atoms with van der Waals surface area (Å²) in [5.74, 6) is 0.559. The fraction of sp³-hybridized carbons (Fsp3) is 0.759. The zero-order valence-corrected chi connectivity index (χ0v) is 24.7. The van der Waals surface area contributed by atoms with Gasteiger partial charge in [-0.25, -0.2) is 8.98 Å². The number of anilines is 1. The molecule has 208 valence electrons. The van der Waals surface area contributed by atoms with Gasteiger partial charge in [0.2, 0.25) is 0 Å². The number of carbonyl (C=O) groups is 1. The van der Waals surface area contributed by atoms with E-state index in [9.17, 15) is 18.3 Å². The van der Waals surface area contributed by atoms with Crippen LogP contribution in [0.1, 0.15) is 113 Å². The highest BCUT2D eigenvalue weighted by molar-refractivity contribution is 7.89. The minimum absolute atomic E-state index is 0.0384. The molecule has 0 bridgehead atoms. The van der Waals surface area contributed by atoms with Crippen molar-refractivity contribution in [3.63, 3.8) is 0 Å². The summed E-state index contributed by atoms with van der Waals surface area (Å²) in [6, 6.07) is 7.77. The largest absolute Gasteiger partial charge is 0.464 e. The summed E-state index contributed by atoms with van der Waals surface area (Å²) in [5.41, 5.74) is 0.0644. The molecule has 0 aliphatic rings. The molecule has 0 spiro atoms. The van der Waals surface area contributed by atoms with Gasteiger partial charge in [0, 0.05) is 0 Å². The van der Waals surface area contributed by atoms with Crippen LogP contribution < -0.4 is 4.31 Å². The maximum atomic E-state index is 13.0. The fourth-order valence-electron chi connectivity index (χ4n) is 5.16. The Bertz CT molecular complexity index is 871. The standard InChI is InChI=1S/C29H51NO5S/c1-9-10-11-12-14-18-24(28(3,4)5)19-17-22-26(29(6,7)8)23(2)35-36(33,34)30(27(31)32)25-20-15-13-16-21-25/h13,15-16,20-21,23-24,26H,9-12,14,17-19,22H2,1-8H3,(H,31,32). The van der Waals surface area contributed by atoms with Crippen LogP contribution in [0.5, 0.6) is 0 Å². The molecule has 0 heterocycles. The van der Waals surface area contributed by atoms with Crippen molar-refractivity contribution >= 4 is 22.1 Å². The van der Waals surface area contributed by atoms with Crippen molar-refractivity contribution in [1.29, 1.82) is 0 Å². The van der Waals surface area contributed by atoms with Gasteiger partial charge in [-0.1, -0.05) is 105 Å². The Hall–Kier alpha value is -1.60. The first-order valence-corrected chi connectivity index (χ1v) is 15.0. The molecule has 0 saturated heterocycles. The van der Waals surface area contributed by atoms with E-state index in [1.54, 1.807) is 25.1 Å². The van der Waals surface area contributed by atoms with Crippen molar-refractivity contribution in [2.45, 2.75) is 119 Å². The second-order valence-electron chi connectivity index (χ2n) is 12.3. The van der Waals surface area contributed by atoms with Crippen LogP contribution in [-0.2, 0) is 14.5 Å². The Morgan fingerprint density at radius 1 is 0.889 bits per heavy atom.